The number of rotatable bonds is 2. The Morgan fingerprint density at radius 2 is 2.38 bits per heavy atom. The summed E-state index contributed by atoms with van der Waals surface area (Å²) in [6, 6.07) is 6.46. The number of anilines is 1. The first kappa shape index (κ1) is 8.57. The number of hydrogen-bond donors (Lipinski definition) is 2. The fourth-order valence-electron chi connectivity index (χ4n) is 1.96. The van der Waals surface area contributed by atoms with Gasteiger partial charge in [0.1, 0.15) is 0 Å². The van der Waals surface area contributed by atoms with Gasteiger partial charge in [-0.05, 0) is 36.1 Å². The topological polar surface area (TPSA) is 38.0 Å². The standard InChI is InChI=1S/C11H16N2/c1-8(7-12)9-3-2-4-11-10(9)5-6-13-11/h2-4,8,13H,5-7,12H2,1H3. The predicted octanol–water partition coefficient (Wildman–Crippen LogP) is 1.72. The number of nitrogens with one attached hydrogen (secondary N) is 1. The molecule has 1 atom stereocenters. The van der Waals surface area contributed by atoms with Gasteiger partial charge in [-0.2, -0.15) is 0 Å². The molecule has 0 aliphatic carbocycles. The van der Waals surface area contributed by atoms with E-state index in [9.17, 15) is 0 Å². The van der Waals surface area contributed by atoms with Crippen LogP contribution in [0.3, 0.4) is 0 Å². The molecule has 0 bridgehead atoms. The minimum Gasteiger partial charge on any atom is -0.384 e. The molecule has 0 saturated carbocycles. The Morgan fingerprint density at radius 1 is 1.54 bits per heavy atom. The van der Waals surface area contributed by atoms with Crippen molar-refractivity contribution in [1.82, 2.24) is 0 Å². The van der Waals surface area contributed by atoms with Crippen LogP contribution in [0.2, 0.25) is 0 Å². The van der Waals surface area contributed by atoms with Gasteiger partial charge in [-0.25, -0.2) is 0 Å². The van der Waals surface area contributed by atoms with E-state index in [1.54, 1.807) is 0 Å². The van der Waals surface area contributed by atoms with Gasteiger partial charge in [0.25, 0.3) is 0 Å². The summed E-state index contributed by atoms with van der Waals surface area (Å²) in [5, 5.41) is 3.38. The summed E-state index contributed by atoms with van der Waals surface area (Å²) < 4.78 is 0. The number of fused-ring (bicyclic) bond motifs is 1. The third-order valence-corrected chi connectivity index (χ3v) is 2.79. The van der Waals surface area contributed by atoms with Crippen LogP contribution in [0.5, 0.6) is 0 Å². The number of hydrogen-bond acceptors (Lipinski definition) is 2. The van der Waals surface area contributed by atoms with Gasteiger partial charge in [-0.1, -0.05) is 19.1 Å². The molecule has 1 aliphatic rings. The lowest BCUT2D eigenvalue weighted by atomic mass is 9.94. The molecule has 2 rings (SSSR count). The van der Waals surface area contributed by atoms with E-state index in [1.165, 1.54) is 16.8 Å². The lowest BCUT2D eigenvalue weighted by Crippen LogP contribution is -2.10. The first-order valence-electron chi connectivity index (χ1n) is 4.88. The van der Waals surface area contributed by atoms with Crippen LogP contribution in [-0.4, -0.2) is 13.1 Å². The highest BCUT2D eigenvalue weighted by Crippen LogP contribution is 2.29. The molecule has 0 aromatic heterocycles. The van der Waals surface area contributed by atoms with E-state index in [2.05, 4.69) is 30.4 Å². The summed E-state index contributed by atoms with van der Waals surface area (Å²) in [6.45, 7) is 3.99. The second-order valence-electron chi connectivity index (χ2n) is 3.69. The Labute approximate surface area is 79.1 Å². The van der Waals surface area contributed by atoms with E-state index < -0.39 is 0 Å². The van der Waals surface area contributed by atoms with Crippen LogP contribution in [0.4, 0.5) is 5.69 Å². The Bertz CT molecular complexity index is 307. The van der Waals surface area contributed by atoms with Crippen molar-refractivity contribution in [3.8, 4) is 0 Å². The monoisotopic (exact) mass is 176 g/mol. The maximum absolute atomic E-state index is 5.68. The highest BCUT2D eigenvalue weighted by atomic mass is 14.9. The average Bonchev–Trinajstić information content (AvgIpc) is 2.63. The normalized spacial score (nSPS) is 16.5. The van der Waals surface area contributed by atoms with Crippen molar-refractivity contribution in [2.75, 3.05) is 18.4 Å². The molecule has 1 unspecified atom stereocenters. The van der Waals surface area contributed by atoms with Gasteiger partial charge in [-0.15, -0.1) is 0 Å². The summed E-state index contributed by atoms with van der Waals surface area (Å²) in [6.07, 6.45) is 1.15. The molecule has 0 fully saturated rings. The zero-order valence-corrected chi connectivity index (χ0v) is 8.01. The molecule has 1 aromatic rings. The first-order valence-corrected chi connectivity index (χ1v) is 4.88. The fourth-order valence-corrected chi connectivity index (χ4v) is 1.96. The van der Waals surface area contributed by atoms with Gasteiger partial charge < -0.3 is 11.1 Å². The fraction of sp³-hybridized carbons (Fsp3) is 0.455. The third-order valence-electron chi connectivity index (χ3n) is 2.79. The van der Waals surface area contributed by atoms with E-state index in [0.29, 0.717) is 5.92 Å². The summed E-state index contributed by atoms with van der Waals surface area (Å²) in [7, 11) is 0. The van der Waals surface area contributed by atoms with Gasteiger partial charge in [-0.3, -0.25) is 0 Å². The molecule has 0 spiro atoms. The first-order chi connectivity index (χ1) is 6.33. The molecule has 13 heavy (non-hydrogen) atoms. The van der Waals surface area contributed by atoms with Gasteiger partial charge in [0.05, 0.1) is 0 Å². The van der Waals surface area contributed by atoms with E-state index in [4.69, 9.17) is 5.73 Å². The van der Waals surface area contributed by atoms with Crippen LogP contribution >= 0.6 is 0 Å². The summed E-state index contributed by atoms with van der Waals surface area (Å²) >= 11 is 0. The zero-order valence-electron chi connectivity index (χ0n) is 8.01. The van der Waals surface area contributed by atoms with Crippen molar-refractivity contribution in [3.63, 3.8) is 0 Å². The highest BCUT2D eigenvalue weighted by molar-refractivity contribution is 5.59. The van der Waals surface area contributed by atoms with Crippen molar-refractivity contribution in [2.45, 2.75) is 19.3 Å². The summed E-state index contributed by atoms with van der Waals surface area (Å²) in [5.74, 6) is 0.481. The van der Waals surface area contributed by atoms with Crippen molar-refractivity contribution in [3.05, 3.63) is 29.3 Å². The minimum absolute atomic E-state index is 0.481. The predicted molar refractivity (Wildman–Crippen MR) is 56.1 cm³/mol. The largest absolute Gasteiger partial charge is 0.384 e. The second-order valence-corrected chi connectivity index (χ2v) is 3.69. The molecule has 0 amide bonds. The van der Waals surface area contributed by atoms with E-state index in [-0.39, 0.29) is 0 Å². The summed E-state index contributed by atoms with van der Waals surface area (Å²) in [5.41, 5.74) is 9.88. The summed E-state index contributed by atoms with van der Waals surface area (Å²) in [4.78, 5) is 0. The van der Waals surface area contributed by atoms with Gasteiger partial charge in [0.15, 0.2) is 0 Å². The molecule has 1 aliphatic heterocycles. The van der Waals surface area contributed by atoms with Crippen molar-refractivity contribution in [2.24, 2.45) is 5.73 Å². The molecule has 1 heterocycles. The molecular weight excluding hydrogens is 160 g/mol. The molecule has 2 nitrogen and oxygen atoms in total. The molecular formula is C11H16N2. The Balaban J connectivity index is 2.41. The van der Waals surface area contributed by atoms with Crippen molar-refractivity contribution in [1.29, 1.82) is 0 Å². The van der Waals surface area contributed by atoms with E-state index in [0.717, 1.165) is 19.5 Å². The average molecular weight is 176 g/mol. The number of benzene rings is 1. The molecule has 0 radical (unpaired) electrons. The van der Waals surface area contributed by atoms with Crippen molar-refractivity contribution < 1.29 is 0 Å². The van der Waals surface area contributed by atoms with Crippen LogP contribution in [0.1, 0.15) is 24.0 Å². The molecule has 3 N–H and O–H groups in total. The van der Waals surface area contributed by atoms with Crippen LogP contribution < -0.4 is 11.1 Å². The van der Waals surface area contributed by atoms with E-state index in [1.807, 2.05) is 0 Å². The number of nitrogens with two attached hydrogens (primary N) is 1. The Kier molecular flexibility index (Phi) is 2.23. The highest BCUT2D eigenvalue weighted by Gasteiger charge is 2.16. The van der Waals surface area contributed by atoms with Crippen LogP contribution in [0.15, 0.2) is 18.2 Å². The van der Waals surface area contributed by atoms with Gasteiger partial charge in [0.2, 0.25) is 0 Å². The SMILES string of the molecule is CC(CN)c1cccc2c1CCN2. The van der Waals surface area contributed by atoms with Crippen LogP contribution in [0, 0.1) is 0 Å². The lowest BCUT2D eigenvalue weighted by Gasteiger charge is -2.13. The molecule has 2 heteroatoms. The van der Waals surface area contributed by atoms with Gasteiger partial charge >= 0.3 is 0 Å². The minimum atomic E-state index is 0.481. The maximum Gasteiger partial charge on any atom is 0.0376 e. The lowest BCUT2D eigenvalue weighted by molar-refractivity contribution is 0.765. The molecule has 1 aromatic carbocycles. The maximum atomic E-state index is 5.68. The smallest absolute Gasteiger partial charge is 0.0376 e. The Morgan fingerprint density at radius 3 is 3.15 bits per heavy atom. The third kappa shape index (κ3) is 1.42. The van der Waals surface area contributed by atoms with Crippen molar-refractivity contribution >= 4 is 5.69 Å². The zero-order chi connectivity index (χ0) is 9.26. The van der Waals surface area contributed by atoms with Gasteiger partial charge in [0, 0.05) is 12.2 Å². The quantitative estimate of drug-likeness (QED) is 0.720. The van der Waals surface area contributed by atoms with Crippen LogP contribution in [0.25, 0.3) is 0 Å². The Hall–Kier alpha value is -1.02. The molecule has 0 saturated heterocycles. The second kappa shape index (κ2) is 3.38. The van der Waals surface area contributed by atoms with Crippen LogP contribution in [-0.2, 0) is 6.42 Å². The van der Waals surface area contributed by atoms with E-state index >= 15 is 0 Å². The molecule has 70 valence electrons.